The lowest BCUT2D eigenvalue weighted by Gasteiger charge is -2.06. The van der Waals surface area contributed by atoms with Crippen molar-refractivity contribution in [1.29, 1.82) is 0 Å². The molecule has 1 N–H and O–H groups in total. The Morgan fingerprint density at radius 1 is 1.21 bits per heavy atom. The third-order valence-corrected chi connectivity index (χ3v) is 3.87. The van der Waals surface area contributed by atoms with Crippen LogP contribution in [-0.4, -0.2) is 20.8 Å². The Hall–Kier alpha value is -2.02. The van der Waals surface area contributed by atoms with Crippen molar-refractivity contribution in [3.8, 4) is 0 Å². The third-order valence-electron chi connectivity index (χ3n) is 3.24. The first-order valence-electron chi connectivity index (χ1n) is 6.83. The van der Waals surface area contributed by atoms with Gasteiger partial charge in [0.15, 0.2) is 5.69 Å². The van der Waals surface area contributed by atoms with E-state index in [1.54, 1.807) is 36.0 Å². The molecule has 124 valence electrons. The second-order valence-corrected chi connectivity index (χ2v) is 6.34. The fourth-order valence-electron chi connectivity index (χ4n) is 2.16. The lowest BCUT2D eigenvalue weighted by atomic mass is 10.2. The molecule has 6 nitrogen and oxygen atoms in total. The second kappa shape index (κ2) is 6.84. The van der Waals surface area contributed by atoms with Crippen LogP contribution in [-0.2, 0) is 6.54 Å². The van der Waals surface area contributed by atoms with Crippen LogP contribution < -0.4 is 5.32 Å². The van der Waals surface area contributed by atoms with Crippen LogP contribution >= 0.6 is 34.8 Å². The number of aryl methyl sites for hydroxylation is 1. The average molecular weight is 386 g/mol. The molecule has 0 aliphatic carbocycles. The highest BCUT2D eigenvalue weighted by molar-refractivity contribution is 6.35. The van der Waals surface area contributed by atoms with Gasteiger partial charge >= 0.3 is 0 Å². The lowest BCUT2D eigenvalue weighted by molar-refractivity contribution is 0.101. The van der Waals surface area contributed by atoms with Gasteiger partial charge in [-0.2, -0.15) is 5.10 Å². The van der Waals surface area contributed by atoms with Gasteiger partial charge < -0.3 is 9.84 Å². The van der Waals surface area contributed by atoms with E-state index in [1.165, 1.54) is 6.20 Å². The molecule has 1 amide bonds. The molecule has 0 aliphatic heterocycles. The summed E-state index contributed by atoms with van der Waals surface area (Å²) in [7, 11) is 0. The van der Waals surface area contributed by atoms with Gasteiger partial charge in [-0.3, -0.25) is 9.48 Å². The van der Waals surface area contributed by atoms with Crippen molar-refractivity contribution in [2.24, 2.45) is 0 Å². The highest BCUT2D eigenvalue weighted by Crippen LogP contribution is 2.24. The topological polar surface area (TPSA) is 73.0 Å². The maximum Gasteiger partial charge on any atom is 0.278 e. The number of hydrogen-bond acceptors (Lipinski definition) is 4. The second-order valence-electron chi connectivity index (χ2n) is 5.03. The Morgan fingerprint density at radius 3 is 2.54 bits per heavy atom. The van der Waals surface area contributed by atoms with Crippen molar-refractivity contribution < 1.29 is 9.32 Å². The molecular weight excluding hydrogens is 375 g/mol. The molecular formula is C15H11Cl3N4O2. The third kappa shape index (κ3) is 3.72. The number of benzene rings is 1. The van der Waals surface area contributed by atoms with Crippen LogP contribution in [0.2, 0.25) is 15.1 Å². The molecule has 3 aromatic rings. The van der Waals surface area contributed by atoms with Gasteiger partial charge in [-0.15, -0.1) is 0 Å². The van der Waals surface area contributed by atoms with Crippen LogP contribution in [0.25, 0.3) is 0 Å². The maximum atomic E-state index is 12.5. The lowest BCUT2D eigenvalue weighted by Crippen LogP contribution is -2.16. The van der Waals surface area contributed by atoms with Gasteiger partial charge in [0, 0.05) is 27.5 Å². The molecule has 0 spiro atoms. The Labute approximate surface area is 152 Å². The van der Waals surface area contributed by atoms with Crippen LogP contribution in [0, 0.1) is 6.92 Å². The Morgan fingerprint density at radius 2 is 1.92 bits per heavy atom. The van der Waals surface area contributed by atoms with E-state index in [1.807, 2.05) is 0 Å². The van der Waals surface area contributed by atoms with Gasteiger partial charge in [0.25, 0.3) is 5.91 Å². The molecule has 1 aromatic carbocycles. The first-order chi connectivity index (χ1) is 11.4. The van der Waals surface area contributed by atoms with E-state index >= 15 is 0 Å². The monoisotopic (exact) mass is 384 g/mol. The van der Waals surface area contributed by atoms with Crippen LogP contribution in [0.3, 0.4) is 0 Å². The number of nitrogens with one attached hydrogen (secondary N) is 1. The van der Waals surface area contributed by atoms with E-state index in [2.05, 4.69) is 15.6 Å². The van der Waals surface area contributed by atoms with Crippen LogP contribution in [0.1, 0.15) is 21.8 Å². The van der Waals surface area contributed by atoms with E-state index in [0.717, 1.165) is 0 Å². The molecule has 2 heterocycles. The number of halogens is 3. The first kappa shape index (κ1) is 16.8. The number of amides is 1. The number of carbonyl (C=O) groups is 1. The fourth-order valence-corrected chi connectivity index (χ4v) is 2.84. The van der Waals surface area contributed by atoms with Gasteiger partial charge in [0.2, 0.25) is 0 Å². The van der Waals surface area contributed by atoms with Crippen molar-refractivity contribution >= 4 is 46.4 Å². The van der Waals surface area contributed by atoms with Gasteiger partial charge in [-0.1, -0.05) is 40.0 Å². The number of rotatable bonds is 4. The number of anilines is 1. The first-order valence-corrected chi connectivity index (χ1v) is 7.96. The maximum absolute atomic E-state index is 12.5. The van der Waals surface area contributed by atoms with E-state index in [9.17, 15) is 4.79 Å². The van der Waals surface area contributed by atoms with Crippen LogP contribution in [0.15, 0.2) is 35.1 Å². The van der Waals surface area contributed by atoms with Crippen LogP contribution in [0.4, 0.5) is 5.69 Å². The summed E-state index contributed by atoms with van der Waals surface area (Å²) in [5.74, 6) is 0.0920. The minimum Gasteiger partial charge on any atom is -0.361 e. The molecule has 9 heteroatoms. The van der Waals surface area contributed by atoms with Gasteiger partial charge in [0.05, 0.1) is 17.8 Å². The summed E-state index contributed by atoms with van der Waals surface area (Å²) in [5, 5.41) is 12.0. The Bertz CT molecular complexity index is 884. The van der Waals surface area contributed by atoms with Crippen molar-refractivity contribution in [2.45, 2.75) is 13.5 Å². The Kier molecular flexibility index (Phi) is 4.80. The van der Waals surface area contributed by atoms with Gasteiger partial charge in [0.1, 0.15) is 5.76 Å². The number of aromatic nitrogens is 3. The smallest absolute Gasteiger partial charge is 0.278 e. The number of hydrogen-bond donors (Lipinski definition) is 1. The molecule has 0 radical (unpaired) electrons. The minimum atomic E-state index is -0.432. The zero-order valence-electron chi connectivity index (χ0n) is 12.4. The van der Waals surface area contributed by atoms with E-state index < -0.39 is 5.91 Å². The minimum absolute atomic E-state index is 0.162. The summed E-state index contributed by atoms with van der Waals surface area (Å²) >= 11 is 17.7. The zero-order valence-corrected chi connectivity index (χ0v) is 14.7. The average Bonchev–Trinajstić information content (AvgIpc) is 3.05. The highest BCUT2D eigenvalue weighted by Gasteiger charge is 2.21. The van der Waals surface area contributed by atoms with Crippen molar-refractivity contribution in [3.63, 3.8) is 0 Å². The summed E-state index contributed by atoms with van der Waals surface area (Å²) in [6.07, 6.45) is 3.16. The molecule has 0 saturated carbocycles. The van der Waals surface area contributed by atoms with Gasteiger partial charge in [-0.25, -0.2) is 0 Å². The molecule has 0 bridgehead atoms. The van der Waals surface area contributed by atoms with Crippen LogP contribution in [0.5, 0.6) is 0 Å². The molecule has 0 unspecified atom stereocenters. The molecule has 24 heavy (non-hydrogen) atoms. The summed E-state index contributed by atoms with van der Waals surface area (Å²) in [5.41, 5.74) is 1.24. The fraction of sp³-hybridized carbons (Fsp3) is 0.133. The number of carbonyl (C=O) groups excluding carboxylic acids is 1. The van der Waals surface area contributed by atoms with E-state index in [0.29, 0.717) is 38.6 Å². The zero-order chi connectivity index (χ0) is 17.3. The Balaban J connectivity index is 1.85. The largest absolute Gasteiger partial charge is 0.361 e. The number of nitrogens with zero attached hydrogens (tertiary/aromatic N) is 3. The predicted octanol–water partition coefficient (Wildman–Crippen LogP) is 4.44. The molecule has 3 rings (SSSR count). The summed E-state index contributed by atoms with van der Waals surface area (Å²) < 4.78 is 6.74. The van der Waals surface area contributed by atoms with Crippen molar-refractivity contribution in [1.82, 2.24) is 14.9 Å². The van der Waals surface area contributed by atoms with E-state index in [-0.39, 0.29) is 5.69 Å². The molecule has 0 fully saturated rings. The van der Waals surface area contributed by atoms with Gasteiger partial charge in [-0.05, 0) is 25.1 Å². The summed E-state index contributed by atoms with van der Waals surface area (Å²) in [6.45, 7) is 2.03. The highest BCUT2D eigenvalue weighted by atomic mass is 35.5. The predicted molar refractivity (Wildman–Crippen MR) is 92.0 cm³/mol. The van der Waals surface area contributed by atoms with E-state index in [4.69, 9.17) is 39.3 Å². The molecule has 2 aromatic heterocycles. The SMILES string of the molecule is Cc1onc(C(=O)Nc2cc(Cl)cc(Cl)c2)c1Cn1cc(Cl)cn1. The molecule has 0 atom stereocenters. The van der Waals surface area contributed by atoms with Crippen molar-refractivity contribution in [3.05, 3.63) is 62.7 Å². The van der Waals surface area contributed by atoms with Crippen molar-refractivity contribution in [2.75, 3.05) is 5.32 Å². The summed E-state index contributed by atoms with van der Waals surface area (Å²) in [4.78, 5) is 12.5. The quantitative estimate of drug-likeness (QED) is 0.720. The molecule has 0 saturated heterocycles. The normalized spacial score (nSPS) is 10.8. The molecule has 0 aliphatic rings. The standard InChI is InChI=1S/C15H11Cl3N4O2/c1-8-13(7-22-6-11(18)5-19-22)14(21-24-8)15(23)20-12-3-9(16)2-10(17)4-12/h2-6H,7H2,1H3,(H,20,23). The summed E-state index contributed by atoms with van der Waals surface area (Å²) in [6, 6.07) is 4.75.